The van der Waals surface area contributed by atoms with Crippen LogP contribution in [0.2, 0.25) is 0 Å². The molecule has 0 radical (unpaired) electrons. The Labute approximate surface area is 240 Å². The summed E-state index contributed by atoms with van der Waals surface area (Å²) < 4.78 is 45.6. The van der Waals surface area contributed by atoms with Gasteiger partial charge in [-0.05, 0) is 43.7 Å². The van der Waals surface area contributed by atoms with Crippen LogP contribution in [0.15, 0.2) is 30.3 Å². The van der Waals surface area contributed by atoms with E-state index in [1.807, 2.05) is 54.8 Å². The normalized spacial score (nSPS) is 17.1. The number of urea groups is 1. The highest BCUT2D eigenvalue weighted by molar-refractivity contribution is 5.74. The lowest BCUT2D eigenvalue weighted by atomic mass is 9.95. The summed E-state index contributed by atoms with van der Waals surface area (Å²) in [6, 6.07) is 9.01. The van der Waals surface area contributed by atoms with Gasteiger partial charge in [0.25, 0.3) is 0 Å². The zero-order chi connectivity index (χ0) is 29.6. The van der Waals surface area contributed by atoms with Crippen molar-refractivity contribution in [3.8, 4) is 5.75 Å². The molecule has 1 aromatic carbocycles. The van der Waals surface area contributed by atoms with E-state index in [0.29, 0.717) is 38.5 Å². The number of carbonyl (C=O) groups excluding carboxylic acids is 1. The molecule has 41 heavy (non-hydrogen) atoms. The minimum atomic E-state index is -4.51. The molecule has 2 fully saturated rings. The van der Waals surface area contributed by atoms with Crippen molar-refractivity contribution in [3.05, 3.63) is 41.9 Å². The van der Waals surface area contributed by atoms with Crippen molar-refractivity contribution in [2.24, 2.45) is 0 Å². The molecule has 226 valence electrons. The Balaban J connectivity index is 1.14. The van der Waals surface area contributed by atoms with Crippen LogP contribution in [-0.2, 0) is 11.6 Å². The molecule has 9 nitrogen and oxygen atoms in total. The van der Waals surface area contributed by atoms with Gasteiger partial charge < -0.3 is 24.8 Å². The molecule has 2 aliphatic rings. The molecule has 1 aromatic heterocycles. The molecule has 0 atom stereocenters. The van der Waals surface area contributed by atoms with Crippen molar-refractivity contribution in [1.82, 2.24) is 25.1 Å². The van der Waals surface area contributed by atoms with Crippen molar-refractivity contribution in [3.63, 3.8) is 0 Å². The fraction of sp³-hybridized carbons (Fsp3) is 0.621. The summed E-state index contributed by atoms with van der Waals surface area (Å²) in [5.74, 6) is 1.37. The second kappa shape index (κ2) is 13.1. The number of halogens is 3. The predicted octanol–water partition coefficient (Wildman–Crippen LogP) is 4.24. The molecule has 2 aliphatic heterocycles. The average molecular weight is 578 g/mol. The maximum absolute atomic E-state index is 13.5. The minimum absolute atomic E-state index is 0.0225. The van der Waals surface area contributed by atoms with Crippen molar-refractivity contribution in [1.29, 1.82) is 0 Å². The smallest absolute Gasteiger partial charge is 0.433 e. The number of ether oxygens (including phenoxy) is 1. The van der Waals surface area contributed by atoms with Crippen LogP contribution in [0.3, 0.4) is 0 Å². The summed E-state index contributed by atoms with van der Waals surface area (Å²) in [6.45, 7) is 12.6. The maximum Gasteiger partial charge on any atom is 0.433 e. The number of benzene rings is 1. The monoisotopic (exact) mass is 577 g/mol. The van der Waals surface area contributed by atoms with Crippen LogP contribution < -0.4 is 19.9 Å². The lowest BCUT2D eigenvalue weighted by molar-refractivity contribution is -0.141. The number of amides is 2. The van der Waals surface area contributed by atoms with Gasteiger partial charge in [0.1, 0.15) is 23.1 Å². The van der Waals surface area contributed by atoms with Gasteiger partial charge in [0, 0.05) is 76.1 Å². The number of hydrogen-bond acceptors (Lipinski definition) is 7. The number of piperazine rings is 2. The van der Waals surface area contributed by atoms with E-state index in [1.54, 1.807) is 7.11 Å². The topological polar surface area (TPSA) is 77.1 Å². The van der Waals surface area contributed by atoms with Crippen LogP contribution in [0.25, 0.3) is 0 Å². The standard InChI is InChI=1S/C29H42F3N7O2/c1-28(2,3)26-34-24(29(30,31)32)21-25(35-26)38-15-13-36(14-16-38)12-6-5-11-33-27(40)39-19-17-37(18-20-39)22-7-9-23(41-4)10-8-22/h7-10,21H,5-6,11-20H2,1-4H3,(H,33,40). The number of nitrogens with one attached hydrogen (secondary N) is 1. The van der Waals surface area contributed by atoms with Crippen LogP contribution in [0, 0.1) is 0 Å². The maximum atomic E-state index is 13.5. The molecule has 12 heteroatoms. The van der Waals surface area contributed by atoms with Crippen LogP contribution in [-0.4, -0.2) is 98.4 Å². The van der Waals surface area contributed by atoms with E-state index in [1.165, 1.54) is 0 Å². The molecule has 2 saturated heterocycles. The van der Waals surface area contributed by atoms with Crippen molar-refractivity contribution in [2.45, 2.75) is 45.2 Å². The first kappa shape index (κ1) is 30.7. The molecule has 4 rings (SSSR count). The molecule has 2 aromatic rings. The molecular weight excluding hydrogens is 535 g/mol. The molecule has 0 saturated carbocycles. The molecule has 0 bridgehead atoms. The molecule has 0 unspecified atom stereocenters. The Morgan fingerprint density at radius 2 is 1.54 bits per heavy atom. The van der Waals surface area contributed by atoms with E-state index >= 15 is 0 Å². The quantitative estimate of drug-likeness (QED) is 0.471. The van der Waals surface area contributed by atoms with Gasteiger partial charge >= 0.3 is 12.2 Å². The number of anilines is 2. The van der Waals surface area contributed by atoms with Gasteiger partial charge in [0.05, 0.1) is 7.11 Å². The third-order valence-electron chi connectivity index (χ3n) is 7.55. The van der Waals surface area contributed by atoms with E-state index in [0.717, 1.165) is 63.1 Å². The number of rotatable bonds is 8. The lowest BCUT2D eigenvalue weighted by Gasteiger charge is -2.36. The predicted molar refractivity (Wildman–Crippen MR) is 154 cm³/mol. The van der Waals surface area contributed by atoms with Gasteiger partial charge in [-0.25, -0.2) is 14.8 Å². The fourth-order valence-corrected chi connectivity index (χ4v) is 5.01. The Kier molecular flexibility index (Phi) is 9.83. The van der Waals surface area contributed by atoms with Gasteiger partial charge in [-0.15, -0.1) is 0 Å². The Bertz CT molecular complexity index is 1110. The molecule has 1 N–H and O–H groups in total. The van der Waals surface area contributed by atoms with Crippen molar-refractivity contribution in [2.75, 3.05) is 82.4 Å². The highest BCUT2D eigenvalue weighted by Gasteiger charge is 2.36. The number of alkyl halides is 3. The minimum Gasteiger partial charge on any atom is -0.497 e. The van der Waals surface area contributed by atoms with Gasteiger partial charge in [0.2, 0.25) is 0 Å². The van der Waals surface area contributed by atoms with Crippen molar-refractivity contribution < 1.29 is 22.7 Å². The van der Waals surface area contributed by atoms with Crippen molar-refractivity contribution >= 4 is 17.5 Å². The van der Waals surface area contributed by atoms with E-state index < -0.39 is 17.3 Å². The first-order valence-corrected chi connectivity index (χ1v) is 14.3. The van der Waals surface area contributed by atoms with Gasteiger partial charge in [-0.2, -0.15) is 13.2 Å². The summed E-state index contributed by atoms with van der Waals surface area (Å²) in [4.78, 5) is 29.2. The summed E-state index contributed by atoms with van der Waals surface area (Å²) >= 11 is 0. The first-order chi connectivity index (χ1) is 19.4. The molecular formula is C29H42F3N7O2. The van der Waals surface area contributed by atoms with Gasteiger partial charge in [-0.1, -0.05) is 20.8 Å². The third-order valence-corrected chi connectivity index (χ3v) is 7.55. The lowest BCUT2D eigenvalue weighted by Crippen LogP contribution is -2.52. The highest BCUT2D eigenvalue weighted by atomic mass is 19.4. The summed E-state index contributed by atoms with van der Waals surface area (Å²) in [6.07, 6.45) is -2.71. The SMILES string of the molecule is COc1ccc(N2CCN(C(=O)NCCCCN3CCN(c4cc(C(F)(F)F)nc(C(C)(C)C)n4)CC3)CC2)cc1. The second-order valence-corrected chi connectivity index (χ2v) is 11.6. The largest absolute Gasteiger partial charge is 0.497 e. The summed E-state index contributed by atoms with van der Waals surface area (Å²) in [7, 11) is 1.65. The number of nitrogens with zero attached hydrogens (tertiary/aromatic N) is 6. The number of unbranched alkanes of at least 4 members (excludes halogenated alkanes) is 1. The molecule has 0 spiro atoms. The summed E-state index contributed by atoms with van der Waals surface area (Å²) in [5.41, 5.74) is -0.348. The van der Waals surface area contributed by atoms with Crippen LogP contribution in [0.5, 0.6) is 5.75 Å². The number of hydrogen-bond donors (Lipinski definition) is 1. The number of methoxy groups -OCH3 is 1. The zero-order valence-electron chi connectivity index (χ0n) is 24.5. The Morgan fingerprint density at radius 3 is 2.12 bits per heavy atom. The first-order valence-electron chi connectivity index (χ1n) is 14.3. The van der Waals surface area contributed by atoms with Crippen LogP contribution >= 0.6 is 0 Å². The Hall–Kier alpha value is -3.28. The van der Waals surface area contributed by atoms with E-state index in [-0.39, 0.29) is 11.9 Å². The van der Waals surface area contributed by atoms with Crippen LogP contribution in [0.1, 0.15) is 45.1 Å². The second-order valence-electron chi connectivity index (χ2n) is 11.6. The Morgan fingerprint density at radius 1 is 0.902 bits per heavy atom. The molecule has 3 heterocycles. The van der Waals surface area contributed by atoms with Crippen LogP contribution in [0.4, 0.5) is 29.5 Å². The van der Waals surface area contributed by atoms with E-state index in [4.69, 9.17) is 4.74 Å². The van der Waals surface area contributed by atoms with E-state index in [9.17, 15) is 18.0 Å². The average Bonchev–Trinajstić information content (AvgIpc) is 2.96. The third kappa shape index (κ3) is 8.37. The van der Waals surface area contributed by atoms with Gasteiger partial charge in [0.15, 0.2) is 0 Å². The highest BCUT2D eigenvalue weighted by Crippen LogP contribution is 2.32. The number of aromatic nitrogens is 2. The van der Waals surface area contributed by atoms with Gasteiger partial charge in [-0.3, -0.25) is 4.90 Å². The fourth-order valence-electron chi connectivity index (χ4n) is 5.01. The number of carbonyl (C=O) groups is 1. The van der Waals surface area contributed by atoms with E-state index in [2.05, 4.69) is 25.1 Å². The molecule has 2 amide bonds. The zero-order valence-corrected chi connectivity index (χ0v) is 24.5. The molecule has 0 aliphatic carbocycles. The summed E-state index contributed by atoms with van der Waals surface area (Å²) in [5, 5.41) is 3.04.